The molecule has 1 saturated heterocycles. The first-order chi connectivity index (χ1) is 9.33. The lowest BCUT2D eigenvalue weighted by molar-refractivity contribution is 0.0166. The number of benzene rings is 1. The summed E-state index contributed by atoms with van der Waals surface area (Å²) >= 11 is 0. The van der Waals surface area contributed by atoms with Crippen molar-refractivity contribution < 1.29 is 9.50 Å². The molecule has 0 aliphatic carbocycles. The highest BCUT2D eigenvalue weighted by Gasteiger charge is 2.22. The Balaban J connectivity index is 1.85. The van der Waals surface area contributed by atoms with Gasteiger partial charge in [0, 0.05) is 39.3 Å². The molecular formula is C16H25FN2O. The normalized spacial score (nSPS) is 18.4. The van der Waals surface area contributed by atoms with Crippen molar-refractivity contribution in [2.24, 2.45) is 0 Å². The highest BCUT2D eigenvalue weighted by atomic mass is 19.1. The van der Waals surface area contributed by atoms with Crippen molar-refractivity contribution in [3.63, 3.8) is 0 Å². The first-order valence-corrected chi connectivity index (χ1v) is 7.26. The first kappa shape index (κ1) is 15.4. The zero-order chi connectivity index (χ0) is 14.8. The van der Waals surface area contributed by atoms with Gasteiger partial charge in [-0.2, -0.15) is 0 Å². The van der Waals surface area contributed by atoms with E-state index in [2.05, 4.69) is 9.80 Å². The van der Waals surface area contributed by atoms with Crippen LogP contribution in [0.25, 0.3) is 0 Å². The van der Waals surface area contributed by atoms with Crippen molar-refractivity contribution in [2.75, 3.05) is 32.7 Å². The van der Waals surface area contributed by atoms with E-state index in [9.17, 15) is 9.50 Å². The maximum atomic E-state index is 13.1. The minimum Gasteiger partial charge on any atom is -0.389 e. The Morgan fingerprint density at radius 1 is 1.15 bits per heavy atom. The third-order valence-electron chi connectivity index (χ3n) is 3.77. The third-order valence-corrected chi connectivity index (χ3v) is 3.77. The Kier molecular flexibility index (Phi) is 4.78. The molecule has 1 aromatic carbocycles. The maximum absolute atomic E-state index is 13.1. The molecule has 0 amide bonds. The van der Waals surface area contributed by atoms with Crippen LogP contribution in [0.4, 0.5) is 4.39 Å². The standard InChI is InChI=1S/C16H25FN2O/c1-13-10-15(17)5-4-14(13)11-18-6-8-19(9-7-18)12-16(2,3)20/h4-5,10,20H,6-9,11-12H2,1-3H3. The highest BCUT2D eigenvalue weighted by Crippen LogP contribution is 2.15. The number of hydrogen-bond acceptors (Lipinski definition) is 3. The van der Waals surface area contributed by atoms with E-state index in [1.165, 1.54) is 11.6 Å². The number of aryl methyl sites for hydroxylation is 1. The van der Waals surface area contributed by atoms with E-state index in [1.54, 1.807) is 6.07 Å². The average Bonchev–Trinajstić information content (AvgIpc) is 2.33. The number of rotatable bonds is 4. The molecule has 1 aromatic rings. The Hall–Kier alpha value is -0.970. The second-order valence-corrected chi connectivity index (χ2v) is 6.44. The number of nitrogens with zero attached hydrogens (tertiary/aromatic N) is 2. The lowest BCUT2D eigenvalue weighted by Crippen LogP contribution is -2.50. The van der Waals surface area contributed by atoms with Crippen LogP contribution in [0.2, 0.25) is 0 Å². The first-order valence-electron chi connectivity index (χ1n) is 7.26. The summed E-state index contributed by atoms with van der Waals surface area (Å²) in [5.74, 6) is -0.166. The van der Waals surface area contributed by atoms with Crippen LogP contribution in [-0.4, -0.2) is 53.2 Å². The van der Waals surface area contributed by atoms with Gasteiger partial charge in [0.25, 0.3) is 0 Å². The predicted octanol–water partition coefficient (Wildman–Crippen LogP) is 2.02. The summed E-state index contributed by atoms with van der Waals surface area (Å²) < 4.78 is 13.1. The van der Waals surface area contributed by atoms with Crippen LogP contribution in [0.1, 0.15) is 25.0 Å². The average molecular weight is 280 g/mol. The monoisotopic (exact) mass is 280 g/mol. The van der Waals surface area contributed by atoms with Crippen molar-refractivity contribution in [3.8, 4) is 0 Å². The fourth-order valence-corrected chi connectivity index (χ4v) is 2.73. The topological polar surface area (TPSA) is 26.7 Å². The summed E-state index contributed by atoms with van der Waals surface area (Å²) in [4.78, 5) is 4.69. The second-order valence-electron chi connectivity index (χ2n) is 6.44. The third kappa shape index (κ3) is 4.54. The molecular weight excluding hydrogens is 255 g/mol. The van der Waals surface area contributed by atoms with Crippen molar-refractivity contribution in [1.82, 2.24) is 9.80 Å². The Morgan fingerprint density at radius 2 is 1.75 bits per heavy atom. The number of aliphatic hydroxyl groups is 1. The zero-order valence-electron chi connectivity index (χ0n) is 12.7. The predicted molar refractivity (Wildman–Crippen MR) is 79.2 cm³/mol. The van der Waals surface area contributed by atoms with Crippen LogP contribution in [0.15, 0.2) is 18.2 Å². The molecule has 4 heteroatoms. The van der Waals surface area contributed by atoms with Crippen LogP contribution in [0.5, 0.6) is 0 Å². The van der Waals surface area contributed by atoms with E-state index >= 15 is 0 Å². The van der Waals surface area contributed by atoms with Gasteiger partial charge in [-0.15, -0.1) is 0 Å². The largest absolute Gasteiger partial charge is 0.389 e. The molecule has 0 aromatic heterocycles. The van der Waals surface area contributed by atoms with E-state index in [4.69, 9.17) is 0 Å². The van der Waals surface area contributed by atoms with Crippen molar-refractivity contribution in [3.05, 3.63) is 35.1 Å². The number of β-amino-alcohol motifs (C(OH)–C–C–N with tert-alkyl or cyclic N) is 1. The van der Waals surface area contributed by atoms with Crippen LogP contribution >= 0.6 is 0 Å². The van der Waals surface area contributed by atoms with Gasteiger partial charge in [0.1, 0.15) is 5.82 Å². The molecule has 112 valence electrons. The second kappa shape index (κ2) is 6.20. The van der Waals surface area contributed by atoms with Crippen molar-refractivity contribution in [1.29, 1.82) is 0 Å². The molecule has 1 fully saturated rings. The Bertz CT molecular complexity index is 448. The maximum Gasteiger partial charge on any atom is 0.123 e. The molecule has 1 aliphatic heterocycles. The highest BCUT2D eigenvalue weighted by molar-refractivity contribution is 5.26. The van der Waals surface area contributed by atoms with Gasteiger partial charge in [0.15, 0.2) is 0 Å². The van der Waals surface area contributed by atoms with Gasteiger partial charge in [-0.05, 0) is 44.0 Å². The molecule has 0 atom stereocenters. The van der Waals surface area contributed by atoms with Crippen LogP contribution in [0.3, 0.4) is 0 Å². The van der Waals surface area contributed by atoms with Gasteiger partial charge >= 0.3 is 0 Å². The van der Waals surface area contributed by atoms with Gasteiger partial charge < -0.3 is 5.11 Å². The molecule has 0 bridgehead atoms. The fourth-order valence-electron chi connectivity index (χ4n) is 2.73. The summed E-state index contributed by atoms with van der Waals surface area (Å²) in [5.41, 5.74) is 1.58. The minimum atomic E-state index is -0.629. The molecule has 0 spiro atoms. The lowest BCUT2D eigenvalue weighted by atomic mass is 10.1. The zero-order valence-corrected chi connectivity index (χ0v) is 12.7. The molecule has 0 saturated carbocycles. The number of hydrogen-bond donors (Lipinski definition) is 1. The summed E-state index contributed by atoms with van der Waals surface area (Å²) in [6.45, 7) is 11.2. The van der Waals surface area contributed by atoms with Crippen molar-refractivity contribution in [2.45, 2.75) is 32.9 Å². The van der Waals surface area contributed by atoms with E-state index < -0.39 is 5.60 Å². The smallest absolute Gasteiger partial charge is 0.123 e. The Labute approximate surface area is 121 Å². The van der Waals surface area contributed by atoms with Gasteiger partial charge in [0.2, 0.25) is 0 Å². The molecule has 0 radical (unpaired) electrons. The van der Waals surface area contributed by atoms with Gasteiger partial charge in [-0.1, -0.05) is 6.07 Å². The summed E-state index contributed by atoms with van der Waals surface area (Å²) in [5, 5.41) is 9.84. The molecule has 3 nitrogen and oxygen atoms in total. The quantitative estimate of drug-likeness (QED) is 0.914. The number of piperazine rings is 1. The van der Waals surface area contributed by atoms with Crippen molar-refractivity contribution >= 4 is 0 Å². The number of halogens is 1. The summed E-state index contributed by atoms with van der Waals surface area (Å²) in [6, 6.07) is 5.01. The fraction of sp³-hybridized carbons (Fsp3) is 0.625. The summed E-state index contributed by atoms with van der Waals surface area (Å²) in [6.07, 6.45) is 0. The molecule has 0 unspecified atom stereocenters. The van der Waals surface area contributed by atoms with Crippen LogP contribution in [-0.2, 0) is 6.54 Å². The SMILES string of the molecule is Cc1cc(F)ccc1CN1CCN(CC(C)(C)O)CC1. The molecule has 1 heterocycles. The molecule has 1 N–H and O–H groups in total. The van der Waals surface area contributed by atoms with Crippen LogP contribution < -0.4 is 0 Å². The van der Waals surface area contributed by atoms with E-state index in [0.29, 0.717) is 0 Å². The molecule has 20 heavy (non-hydrogen) atoms. The van der Waals surface area contributed by atoms with Crippen LogP contribution in [0, 0.1) is 12.7 Å². The van der Waals surface area contributed by atoms with E-state index in [0.717, 1.165) is 44.8 Å². The Morgan fingerprint density at radius 3 is 2.30 bits per heavy atom. The van der Waals surface area contributed by atoms with Gasteiger partial charge in [-0.3, -0.25) is 9.80 Å². The minimum absolute atomic E-state index is 0.166. The van der Waals surface area contributed by atoms with E-state index in [1.807, 2.05) is 26.8 Å². The summed E-state index contributed by atoms with van der Waals surface area (Å²) in [7, 11) is 0. The van der Waals surface area contributed by atoms with Gasteiger partial charge in [-0.25, -0.2) is 4.39 Å². The molecule has 2 rings (SSSR count). The van der Waals surface area contributed by atoms with E-state index in [-0.39, 0.29) is 5.82 Å². The molecule has 1 aliphatic rings. The lowest BCUT2D eigenvalue weighted by Gasteiger charge is -2.37. The van der Waals surface area contributed by atoms with Gasteiger partial charge in [0.05, 0.1) is 5.60 Å².